The van der Waals surface area contributed by atoms with Crippen LogP contribution in [0.25, 0.3) is 0 Å². The molecular formula is C14H26N2O. The van der Waals surface area contributed by atoms with Gasteiger partial charge in [-0.2, -0.15) is 0 Å². The summed E-state index contributed by atoms with van der Waals surface area (Å²) in [6, 6.07) is 0. The first-order chi connectivity index (χ1) is 8.18. The van der Waals surface area contributed by atoms with E-state index in [-0.39, 0.29) is 11.3 Å². The predicted molar refractivity (Wildman–Crippen MR) is 69.8 cm³/mol. The molecule has 1 atom stereocenters. The molecule has 2 rings (SSSR count). The lowest BCUT2D eigenvalue weighted by molar-refractivity contribution is -0.122. The van der Waals surface area contributed by atoms with Crippen LogP contribution in [0.5, 0.6) is 0 Å². The fraction of sp³-hybridized carbons (Fsp3) is 0.929. The van der Waals surface area contributed by atoms with Crippen molar-refractivity contribution in [3.63, 3.8) is 0 Å². The molecule has 3 nitrogen and oxygen atoms in total. The maximum absolute atomic E-state index is 11.9. The lowest BCUT2D eigenvalue weighted by Gasteiger charge is -2.34. The molecule has 98 valence electrons. The summed E-state index contributed by atoms with van der Waals surface area (Å²) in [7, 11) is 0. The van der Waals surface area contributed by atoms with Crippen molar-refractivity contribution in [2.45, 2.75) is 51.9 Å². The first-order valence-electron chi connectivity index (χ1n) is 7.15. The number of amides is 1. The van der Waals surface area contributed by atoms with Gasteiger partial charge in [-0.3, -0.25) is 4.79 Å². The largest absolute Gasteiger partial charge is 0.356 e. The molecule has 1 unspecified atom stereocenters. The second-order valence-electron chi connectivity index (χ2n) is 6.22. The van der Waals surface area contributed by atoms with E-state index in [2.05, 4.69) is 17.6 Å². The zero-order valence-electron chi connectivity index (χ0n) is 11.1. The second kappa shape index (κ2) is 5.85. The van der Waals surface area contributed by atoms with Crippen LogP contribution in [-0.4, -0.2) is 25.5 Å². The highest BCUT2D eigenvalue weighted by molar-refractivity contribution is 5.76. The molecule has 0 aromatic rings. The molecule has 17 heavy (non-hydrogen) atoms. The molecule has 1 amide bonds. The normalized spacial score (nSPS) is 30.4. The van der Waals surface area contributed by atoms with Gasteiger partial charge in [-0.25, -0.2) is 0 Å². The van der Waals surface area contributed by atoms with Gasteiger partial charge in [-0.15, -0.1) is 0 Å². The maximum atomic E-state index is 11.9. The van der Waals surface area contributed by atoms with Crippen molar-refractivity contribution >= 4 is 5.91 Å². The van der Waals surface area contributed by atoms with Gasteiger partial charge in [0.1, 0.15) is 0 Å². The Morgan fingerprint density at radius 2 is 2.12 bits per heavy atom. The van der Waals surface area contributed by atoms with Crippen LogP contribution in [0.3, 0.4) is 0 Å². The molecule has 0 bridgehead atoms. The van der Waals surface area contributed by atoms with E-state index < -0.39 is 0 Å². The number of hydrogen-bond acceptors (Lipinski definition) is 2. The van der Waals surface area contributed by atoms with Crippen LogP contribution >= 0.6 is 0 Å². The second-order valence-corrected chi connectivity index (χ2v) is 6.22. The fourth-order valence-electron chi connectivity index (χ4n) is 3.13. The van der Waals surface area contributed by atoms with Crippen LogP contribution in [0.15, 0.2) is 0 Å². The number of hydrogen-bond donors (Lipinski definition) is 2. The average molecular weight is 238 g/mol. The summed E-state index contributed by atoms with van der Waals surface area (Å²) in [5.41, 5.74) is 0.267. The van der Waals surface area contributed by atoms with Crippen LogP contribution < -0.4 is 10.6 Å². The van der Waals surface area contributed by atoms with Gasteiger partial charge >= 0.3 is 0 Å². The minimum Gasteiger partial charge on any atom is -0.356 e. The summed E-state index contributed by atoms with van der Waals surface area (Å²) in [5.74, 6) is 0.927. The Balaban J connectivity index is 1.67. The third-order valence-electron chi connectivity index (χ3n) is 4.35. The third-order valence-corrected chi connectivity index (χ3v) is 4.35. The van der Waals surface area contributed by atoms with Crippen LogP contribution in [0, 0.1) is 11.3 Å². The van der Waals surface area contributed by atoms with Gasteiger partial charge in [0.05, 0.1) is 0 Å². The van der Waals surface area contributed by atoms with Crippen molar-refractivity contribution < 1.29 is 4.79 Å². The molecule has 0 aromatic heterocycles. The summed E-state index contributed by atoms with van der Waals surface area (Å²) < 4.78 is 0. The van der Waals surface area contributed by atoms with E-state index in [1.54, 1.807) is 0 Å². The molecule has 0 spiro atoms. The van der Waals surface area contributed by atoms with Gasteiger partial charge in [-0.05, 0) is 43.6 Å². The van der Waals surface area contributed by atoms with E-state index in [4.69, 9.17) is 0 Å². The monoisotopic (exact) mass is 238 g/mol. The van der Waals surface area contributed by atoms with E-state index in [0.717, 1.165) is 26.1 Å². The Morgan fingerprint density at radius 3 is 2.76 bits per heavy atom. The summed E-state index contributed by atoms with van der Waals surface area (Å²) >= 11 is 0. The van der Waals surface area contributed by atoms with E-state index in [0.29, 0.717) is 5.92 Å². The van der Waals surface area contributed by atoms with Crippen molar-refractivity contribution in [2.24, 2.45) is 11.3 Å². The molecule has 0 aromatic carbocycles. The highest BCUT2D eigenvalue weighted by Gasteiger charge is 2.27. The summed E-state index contributed by atoms with van der Waals surface area (Å²) in [6.07, 6.45) is 8.36. The fourth-order valence-corrected chi connectivity index (χ4v) is 3.13. The van der Waals surface area contributed by atoms with Crippen molar-refractivity contribution in [3.8, 4) is 0 Å². The SMILES string of the molecule is CC1(CNC(=O)CC2CCCC2)CCCNC1. The smallest absolute Gasteiger partial charge is 0.220 e. The molecule has 1 saturated carbocycles. The first kappa shape index (κ1) is 12.9. The van der Waals surface area contributed by atoms with Gasteiger partial charge in [0.2, 0.25) is 5.91 Å². The summed E-state index contributed by atoms with van der Waals surface area (Å²) in [6.45, 7) is 5.28. The molecule has 0 radical (unpaired) electrons. The molecule has 3 heteroatoms. The predicted octanol–water partition coefficient (Wildman–Crippen LogP) is 2.07. The summed E-state index contributed by atoms with van der Waals surface area (Å²) in [4.78, 5) is 11.9. The Kier molecular flexibility index (Phi) is 4.43. The lowest BCUT2D eigenvalue weighted by atomic mass is 9.83. The topological polar surface area (TPSA) is 41.1 Å². The molecule has 1 aliphatic heterocycles. The Labute approximate surface area is 105 Å². The average Bonchev–Trinajstić information content (AvgIpc) is 2.80. The number of nitrogens with one attached hydrogen (secondary N) is 2. The molecule has 2 aliphatic rings. The summed E-state index contributed by atoms with van der Waals surface area (Å²) in [5, 5.41) is 6.56. The van der Waals surface area contributed by atoms with E-state index in [9.17, 15) is 4.79 Å². The zero-order chi connectivity index (χ0) is 12.1. The van der Waals surface area contributed by atoms with Crippen LogP contribution in [0.2, 0.25) is 0 Å². The van der Waals surface area contributed by atoms with Crippen molar-refractivity contribution in [3.05, 3.63) is 0 Å². The van der Waals surface area contributed by atoms with E-state index in [1.165, 1.54) is 38.5 Å². The third kappa shape index (κ3) is 3.98. The Hall–Kier alpha value is -0.570. The van der Waals surface area contributed by atoms with Gasteiger partial charge in [0.25, 0.3) is 0 Å². The van der Waals surface area contributed by atoms with Crippen LogP contribution in [-0.2, 0) is 4.79 Å². The molecule has 1 aliphatic carbocycles. The number of carbonyl (C=O) groups is 1. The lowest BCUT2D eigenvalue weighted by Crippen LogP contribution is -2.45. The van der Waals surface area contributed by atoms with Crippen LogP contribution in [0.4, 0.5) is 0 Å². The maximum Gasteiger partial charge on any atom is 0.220 e. The quantitative estimate of drug-likeness (QED) is 0.787. The zero-order valence-corrected chi connectivity index (χ0v) is 11.1. The van der Waals surface area contributed by atoms with Crippen LogP contribution in [0.1, 0.15) is 51.9 Å². The molecule has 2 N–H and O–H groups in total. The number of rotatable bonds is 4. The minimum absolute atomic E-state index is 0.267. The van der Waals surface area contributed by atoms with Crippen molar-refractivity contribution in [1.29, 1.82) is 0 Å². The Bertz CT molecular complexity index is 253. The van der Waals surface area contributed by atoms with Crippen molar-refractivity contribution in [1.82, 2.24) is 10.6 Å². The highest BCUT2D eigenvalue weighted by Crippen LogP contribution is 2.28. The standard InChI is InChI=1S/C14H26N2O/c1-14(7-4-8-15-10-14)11-16-13(17)9-12-5-2-3-6-12/h12,15H,2-11H2,1H3,(H,16,17). The van der Waals surface area contributed by atoms with E-state index in [1.807, 2.05) is 0 Å². The number of piperidine rings is 1. The first-order valence-corrected chi connectivity index (χ1v) is 7.15. The number of carbonyl (C=O) groups excluding carboxylic acids is 1. The van der Waals surface area contributed by atoms with Crippen molar-refractivity contribution in [2.75, 3.05) is 19.6 Å². The molecule has 1 saturated heterocycles. The van der Waals surface area contributed by atoms with Gasteiger partial charge < -0.3 is 10.6 Å². The molecule has 2 fully saturated rings. The van der Waals surface area contributed by atoms with Gasteiger partial charge in [0, 0.05) is 19.5 Å². The minimum atomic E-state index is 0.267. The molecule has 1 heterocycles. The molecular weight excluding hydrogens is 212 g/mol. The highest BCUT2D eigenvalue weighted by atomic mass is 16.1. The Morgan fingerprint density at radius 1 is 1.35 bits per heavy atom. The van der Waals surface area contributed by atoms with Gasteiger partial charge in [0.15, 0.2) is 0 Å². The van der Waals surface area contributed by atoms with Gasteiger partial charge in [-0.1, -0.05) is 19.8 Å². The van der Waals surface area contributed by atoms with E-state index >= 15 is 0 Å².